The second kappa shape index (κ2) is 12.8. The van der Waals surface area contributed by atoms with Crippen LogP contribution in [0.1, 0.15) is 35.0 Å². The first-order valence-electron chi connectivity index (χ1n) is 13.0. The number of aryl methyl sites for hydroxylation is 1. The lowest BCUT2D eigenvalue weighted by atomic mass is 10.1. The predicted molar refractivity (Wildman–Crippen MR) is 146 cm³/mol. The Morgan fingerprint density at radius 2 is 1.69 bits per heavy atom. The van der Waals surface area contributed by atoms with Crippen LogP contribution in [-0.2, 0) is 27.8 Å². The first kappa shape index (κ1) is 30.8. The Morgan fingerprint density at radius 1 is 1.02 bits per heavy atom. The number of carbonyl (C=O) groups excluding carboxylic acids is 1. The summed E-state index contributed by atoms with van der Waals surface area (Å²) in [7, 11) is -4.32. The Balaban J connectivity index is 1.57. The van der Waals surface area contributed by atoms with Crippen molar-refractivity contribution < 1.29 is 41.0 Å². The molecule has 0 radical (unpaired) electrons. The third kappa shape index (κ3) is 7.56. The maximum atomic E-state index is 13.6. The van der Waals surface area contributed by atoms with Gasteiger partial charge in [0.15, 0.2) is 0 Å². The third-order valence-corrected chi connectivity index (χ3v) is 8.58. The summed E-state index contributed by atoms with van der Waals surface area (Å²) in [6.45, 7) is 2.15. The minimum atomic E-state index is -4.94. The summed E-state index contributed by atoms with van der Waals surface area (Å²) >= 11 is 0. The van der Waals surface area contributed by atoms with E-state index in [0.29, 0.717) is 5.69 Å². The number of aromatic carboxylic acids is 1. The smallest absolute Gasteiger partial charge is 0.477 e. The molecule has 1 unspecified atom stereocenters. The van der Waals surface area contributed by atoms with Gasteiger partial charge in [0.05, 0.1) is 16.8 Å². The van der Waals surface area contributed by atoms with Crippen LogP contribution in [0.3, 0.4) is 0 Å². The summed E-state index contributed by atoms with van der Waals surface area (Å²) in [4.78, 5) is 30.0. The van der Waals surface area contributed by atoms with Gasteiger partial charge in [-0.1, -0.05) is 37.6 Å². The number of alkyl halides is 3. The molecule has 1 aromatic heterocycles. The molecule has 0 saturated carbocycles. The zero-order chi connectivity index (χ0) is 30.5. The van der Waals surface area contributed by atoms with Gasteiger partial charge in [0.25, 0.3) is 0 Å². The first-order valence-corrected chi connectivity index (χ1v) is 14.5. The molecule has 3 aromatic rings. The van der Waals surface area contributed by atoms with Crippen molar-refractivity contribution in [3.05, 3.63) is 83.7 Å². The van der Waals surface area contributed by atoms with Gasteiger partial charge in [-0.3, -0.25) is 4.79 Å². The molecule has 224 valence electrons. The number of nitrogens with zero attached hydrogens (tertiary/aromatic N) is 3. The fourth-order valence-electron chi connectivity index (χ4n) is 4.57. The van der Waals surface area contributed by atoms with Crippen molar-refractivity contribution in [2.45, 2.75) is 43.6 Å². The lowest BCUT2D eigenvalue weighted by molar-refractivity contribution is -0.274. The van der Waals surface area contributed by atoms with Gasteiger partial charge in [-0.05, 0) is 53.9 Å². The maximum absolute atomic E-state index is 13.6. The number of rotatable bonds is 10. The van der Waals surface area contributed by atoms with Crippen LogP contribution in [0.4, 0.5) is 18.9 Å². The molecule has 42 heavy (non-hydrogen) atoms. The quantitative estimate of drug-likeness (QED) is 0.357. The van der Waals surface area contributed by atoms with Crippen molar-refractivity contribution in [1.29, 1.82) is 0 Å². The van der Waals surface area contributed by atoms with Gasteiger partial charge in [0.2, 0.25) is 15.9 Å². The fourth-order valence-corrected chi connectivity index (χ4v) is 6.14. The number of amides is 1. The number of carboxylic acid groups (broad SMARTS) is 1. The van der Waals surface area contributed by atoms with Gasteiger partial charge in [-0.25, -0.2) is 18.2 Å². The molecule has 1 saturated heterocycles. The van der Waals surface area contributed by atoms with Crippen LogP contribution < -0.4 is 15.0 Å². The number of aromatic nitrogens is 1. The van der Waals surface area contributed by atoms with Crippen molar-refractivity contribution in [2.24, 2.45) is 0 Å². The predicted octanol–water partition coefficient (Wildman–Crippen LogP) is 3.83. The van der Waals surface area contributed by atoms with E-state index >= 15 is 0 Å². The molecule has 0 aliphatic carbocycles. The summed E-state index contributed by atoms with van der Waals surface area (Å²) in [5, 5.41) is 11.9. The SMILES string of the molecule is CCCc1ccc(CNC(=O)C2CN(c3ccc(C(=O)O)nc3)CCN2S(=O)(=O)c2ccc(OC(F)(F)F)cc2)cc1. The van der Waals surface area contributed by atoms with Crippen molar-refractivity contribution in [2.75, 3.05) is 24.5 Å². The Labute approximate surface area is 240 Å². The van der Waals surface area contributed by atoms with E-state index in [1.54, 1.807) is 4.90 Å². The summed E-state index contributed by atoms with van der Waals surface area (Å²) in [5.74, 6) is -2.36. The van der Waals surface area contributed by atoms with Gasteiger partial charge in [0, 0.05) is 26.2 Å². The molecule has 1 aliphatic rings. The molecule has 10 nitrogen and oxygen atoms in total. The van der Waals surface area contributed by atoms with Gasteiger partial charge in [-0.15, -0.1) is 13.2 Å². The van der Waals surface area contributed by atoms with Crippen LogP contribution in [-0.4, -0.2) is 66.7 Å². The number of hydrogen-bond donors (Lipinski definition) is 2. The Hall–Kier alpha value is -4.17. The number of pyridine rings is 1. The molecule has 2 heterocycles. The summed E-state index contributed by atoms with van der Waals surface area (Å²) in [6, 6.07) is 13.1. The van der Waals surface area contributed by atoms with Crippen molar-refractivity contribution in [3.63, 3.8) is 0 Å². The van der Waals surface area contributed by atoms with Crippen molar-refractivity contribution in [3.8, 4) is 5.75 Å². The van der Waals surface area contributed by atoms with E-state index in [-0.39, 0.29) is 36.8 Å². The van der Waals surface area contributed by atoms with Gasteiger partial charge in [-0.2, -0.15) is 4.31 Å². The number of carbonyl (C=O) groups is 2. The highest BCUT2D eigenvalue weighted by Gasteiger charge is 2.40. The Morgan fingerprint density at radius 3 is 2.26 bits per heavy atom. The largest absolute Gasteiger partial charge is 0.573 e. The molecule has 0 bridgehead atoms. The van der Waals surface area contributed by atoms with Crippen LogP contribution in [0, 0.1) is 0 Å². The van der Waals surface area contributed by atoms with Crippen LogP contribution >= 0.6 is 0 Å². The number of hydrogen-bond acceptors (Lipinski definition) is 7. The molecule has 1 atom stereocenters. The first-order chi connectivity index (χ1) is 19.9. The van der Waals surface area contributed by atoms with Gasteiger partial charge < -0.3 is 20.1 Å². The highest BCUT2D eigenvalue weighted by molar-refractivity contribution is 7.89. The highest BCUT2D eigenvalue weighted by Crippen LogP contribution is 2.28. The fraction of sp³-hybridized carbons (Fsp3) is 0.321. The lowest BCUT2D eigenvalue weighted by Crippen LogP contribution is -2.60. The third-order valence-electron chi connectivity index (χ3n) is 6.66. The summed E-state index contributed by atoms with van der Waals surface area (Å²) < 4.78 is 69.8. The maximum Gasteiger partial charge on any atom is 0.573 e. The Kier molecular flexibility index (Phi) is 9.36. The second-order valence-electron chi connectivity index (χ2n) is 9.59. The van der Waals surface area contributed by atoms with Crippen LogP contribution in [0.25, 0.3) is 0 Å². The van der Waals surface area contributed by atoms with Crippen LogP contribution in [0.5, 0.6) is 5.75 Å². The lowest BCUT2D eigenvalue weighted by Gasteiger charge is -2.40. The minimum Gasteiger partial charge on any atom is -0.477 e. The second-order valence-corrected chi connectivity index (χ2v) is 11.5. The average molecular weight is 607 g/mol. The molecular formula is C28H29F3N4O6S. The molecule has 1 amide bonds. The molecular weight excluding hydrogens is 577 g/mol. The number of piperazine rings is 1. The highest BCUT2D eigenvalue weighted by atomic mass is 32.2. The molecule has 2 N–H and O–H groups in total. The van der Waals surface area contributed by atoms with E-state index in [4.69, 9.17) is 5.11 Å². The van der Waals surface area contributed by atoms with E-state index in [2.05, 4.69) is 22.0 Å². The number of sulfonamides is 1. The van der Waals surface area contributed by atoms with Crippen molar-refractivity contribution >= 4 is 27.6 Å². The number of anilines is 1. The number of ether oxygens (including phenoxy) is 1. The number of nitrogens with one attached hydrogen (secondary N) is 1. The van der Waals surface area contributed by atoms with Gasteiger partial charge in [0.1, 0.15) is 17.5 Å². The molecule has 1 fully saturated rings. The molecule has 1 aliphatic heterocycles. The van der Waals surface area contributed by atoms with E-state index in [1.165, 1.54) is 18.3 Å². The zero-order valence-electron chi connectivity index (χ0n) is 22.5. The molecule has 14 heteroatoms. The standard InChI is InChI=1S/C28H29F3N4O6S/c1-2-3-19-4-6-20(7-5-19)16-33-26(36)25-18-34(21-8-13-24(27(37)38)32-17-21)14-15-35(25)42(39,40)23-11-9-22(10-12-23)41-28(29,30)31/h4-13,17,25H,2-3,14-16,18H2,1H3,(H,33,36)(H,37,38). The van der Waals surface area contributed by atoms with Gasteiger partial charge >= 0.3 is 12.3 Å². The Bertz CT molecular complexity index is 1500. The molecule has 2 aromatic carbocycles. The minimum absolute atomic E-state index is 0.0795. The normalized spacial score (nSPS) is 16.2. The average Bonchev–Trinajstić information content (AvgIpc) is 2.96. The van der Waals surface area contributed by atoms with Crippen LogP contribution in [0.15, 0.2) is 71.8 Å². The number of benzene rings is 2. The van der Waals surface area contributed by atoms with Crippen molar-refractivity contribution in [1.82, 2.24) is 14.6 Å². The molecule has 4 rings (SSSR count). The summed E-state index contributed by atoms with van der Waals surface area (Å²) in [6.07, 6.45) is -1.69. The van der Waals surface area contributed by atoms with E-state index < -0.39 is 40.1 Å². The van der Waals surface area contributed by atoms with E-state index in [0.717, 1.165) is 52.5 Å². The zero-order valence-corrected chi connectivity index (χ0v) is 23.4. The topological polar surface area (TPSA) is 129 Å². The monoisotopic (exact) mass is 606 g/mol. The van der Waals surface area contributed by atoms with E-state index in [1.807, 2.05) is 24.3 Å². The molecule has 0 spiro atoms. The summed E-state index contributed by atoms with van der Waals surface area (Å²) in [5.41, 5.74) is 2.30. The van der Waals surface area contributed by atoms with E-state index in [9.17, 15) is 31.2 Å². The van der Waals surface area contributed by atoms with Crippen LogP contribution in [0.2, 0.25) is 0 Å². The number of carboxylic acids is 1. The number of halogens is 3.